The molecule has 0 saturated heterocycles. The molecule has 0 spiro atoms. The van der Waals surface area contributed by atoms with E-state index in [1.807, 2.05) is 19.1 Å². The van der Waals surface area contributed by atoms with E-state index in [0.717, 1.165) is 28.3 Å². The first-order chi connectivity index (χ1) is 7.06. The second kappa shape index (κ2) is 4.03. The van der Waals surface area contributed by atoms with Crippen LogP contribution in [0.3, 0.4) is 0 Å². The third kappa shape index (κ3) is 2.27. The lowest BCUT2D eigenvalue weighted by atomic mass is 10.0. The van der Waals surface area contributed by atoms with Gasteiger partial charge in [0.15, 0.2) is 0 Å². The standard InChI is InChI=1S/C12H15ClO2/c1-7(14)3-9-5-11(13)6-10-4-8(2)15-12(9)10/h5-8,14H,3-4H2,1-2H3. The predicted molar refractivity (Wildman–Crippen MR) is 60.6 cm³/mol. The van der Waals surface area contributed by atoms with Gasteiger partial charge in [0.25, 0.3) is 0 Å². The number of halogens is 1. The van der Waals surface area contributed by atoms with Crippen molar-refractivity contribution >= 4 is 11.6 Å². The maximum absolute atomic E-state index is 9.40. The molecule has 2 rings (SSSR count). The van der Waals surface area contributed by atoms with Gasteiger partial charge in [-0.3, -0.25) is 0 Å². The van der Waals surface area contributed by atoms with Gasteiger partial charge < -0.3 is 9.84 Å². The zero-order valence-electron chi connectivity index (χ0n) is 8.96. The molecular weight excluding hydrogens is 212 g/mol. The van der Waals surface area contributed by atoms with Crippen LogP contribution in [0, 0.1) is 0 Å². The average molecular weight is 227 g/mol. The van der Waals surface area contributed by atoms with E-state index in [2.05, 4.69) is 0 Å². The first-order valence-electron chi connectivity index (χ1n) is 5.22. The molecular formula is C12H15ClO2. The first kappa shape index (κ1) is 10.8. The molecule has 1 aromatic carbocycles. The molecule has 1 aliphatic heterocycles. The van der Waals surface area contributed by atoms with Gasteiger partial charge in [-0.05, 0) is 37.1 Å². The minimum Gasteiger partial charge on any atom is -0.490 e. The van der Waals surface area contributed by atoms with Crippen LogP contribution in [0.5, 0.6) is 5.75 Å². The highest BCUT2D eigenvalue weighted by atomic mass is 35.5. The summed E-state index contributed by atoms with van der Waals surface area (Å²) in [6, 6.07) is 3.83. The Kier molecular flexibility index (Phi) is 2.89. The van der Waals surface area contributed by atoms with Crippen LogP contribution in [-0.4, -0.2) is 17.3 Å². The molecule has 2 atom stereocenters. The van der Waals surface area contributed by atoms with Crippen molar-refractivity contribution in [3.8, 4) is 5.75 Å². The van der Waals surface area contributed by atoms with E-state index in [1.54, 1.807) is 6.92 Å². The van der Waals surface area contributed by atoms with E-state index in [4.69, 9.17) is 16.3 Å². The summed E-state index contributed by atoms with van der Waals surface area (Å²) >= 11 is 6.02. The number of hydrogen-bond acceptors (Lipinski definition) is 2. The number of rotatable bonds is 2. The summed E-state index contributed by atoms with van der Waals surface area (Å²) < 4.78 is 5.72. The van der Waals surface area contributed by atoms with Gasteiger partial charge in [-0.2, -0.15) is 0 Å². The van der Waals surface area contributed by atoms with Gasteiger partial charge in [-0.1, -0.05) is 11.6 Å². The van der Waals surface area contributed by atoms with Crippen LogP contribution >= 0.6 is 11.6 Å². The highest BCUT2D eigenvalue weighted by Crippen LogP contribution is 2.35. The van der Waals surface area contributed by atoms with Crippen LogP contribution in [0.15, 0.2) is 12.1 Å². The average Bonchev–Trinajstić information content (AvgIpc) is 2.44. The predicted octanol–water partition coefficient (Wildman–Crippen LogP) is 2.59. The summed E-state index contributed by atoms with van der Waals surface area (Å²) in [6.45, 7) is 3.81. The third-order valence-electron chi connectivity index (χ3n) is 2.55. The summed E-state index contributed by atoms with van der Waals surface area (Å²) in [7, 11) is 0. The number of ether oxygens (including phenoxy) is 1. The Morgan fingerprint density at radius 3 is 3.00 bits per heavy atom. The number of aliphatic hydroxyl groups is 1. The molecule has 0 saturated carbocycles. The lowest BCUT2D eigenvalue weighted by molar-refractivity contribution is 0.192. The fourth-order valence-electron chi connectivity index (χ4n) is 2.04. The van der Waals surface area contributed by atoms with Crippen LogP contribution in [0.25, 0.3) is 0 Å². The molecule has 3 heteroatoms. The SMILES string of the molecule is CC(O)Cc1cc(Cl)cc2c1OC(C)C2. The third-order valence-corrected chi connectivity index (χ3v) is 2.77. The minimum atomic E-state index is -0.368. The second-order valence-electron chi connectivity index (χ2n) is 4.24. The highest BCUT2D eigenvalue weighted by Gasteiger charge is 2.23. The fourth-order valence-corrected chi connectivity index (χ4v) is 2.30. The molecule has 1 N–H and O–H groups in total. The summed E-state index contributed by atoms with van der Waals surface area (Å²) in [5.74, 6) is 0.924. The minimum absolute atomic E-state index is 0.214. The van der Waals surface area contributed by atoms with Gasteiger partial charge in [-0.15, -0.1) is 0 Å². The van der Waals surface area contributed by atoms with E-state index >= 15 is 0 Å². The van der Waals surface area contributed by atoms with Gasteiger partial charge in [0.2, 0.25) is 0 Å². The molecule has 0 aliphatic carbocycles. The molecule has 15 heavy (non-hydrogen) atoms. The lowest BCUT2D eigenvalue weighted by Crippen LogP contribution is -2.08. The van der Waals surface area contributed by atoms with Crippen LogP contribution in [0.1, 0.15) is 25.0 Å². The molecule has 0 bridgehead atoms. The van der Waals surface area contributed by atoms with Crippen molar-refractivity contribution in [2.75, 3.05) is 0 Å². The second-order valence-corrected chi connectivity index (χ2v) is 4.68. The number of aliphatic hydroxyl groups excluding tert-OH is 1. The topological polar surface area (TPSA) is 29.5 Å². The van der Waals surface area contributed by atoms with Crippen LogP contribution in [-0.2, 0) is 12.8 Å². The van der Waals surface area contributed by atoms with E-state index in [-0.39, 0.29) is 12.2 Å². The van der Waals surface area contributed by atoms with E-state index in [0.29, 0.717) is 6.42 Å². The van der Waals surface area contributed by atoms with Crippen molar-refractivity contribution in [2.24, 2.45) is 0 Å². The van der Waals surface area contributed by atoms with Crippen molar-refractivity contribution in [1.82, 2.24) is 0 Å². The molecule has 0 aromatic heterocycles. The largest absolute Gasteiger partial charge is 0.490 e. The molecule has 1 aromatic rings. The van der Waals surface area contributed by atoms with Crippen molar-refractivity contribution in [1.29, 1.82) is 0 Å². The normalized spacial score (nSPS) is 20.9. The summed E-state index contributed by atoms with van der Waals surface area (Å²) in [5, 5.41) is 10.1. The Morgan fingerprint density at radius 1 is 1.60 bits per heavy atom. The lowest BCUT2D eigenvalue weighted by Gasteiger charge is -2.11. The molecule has 82 valence electrons. The Balaban J connectivity index is 2.38. The Morgan fingerprint density at radius 2 is 2.33 bits per heavy atom. The fraction of sp³-hybridized carbons (Fsp3) is 0.500. The summed E-state index contributed by atoms with van der Waals surface area (Å²) in [6.07, 6.45) is 1.34. The monoisotopic (exact) mass is 226 g/mol. The summed E-state index contributed by atoms with van der Waals surface area (Å²) in [4.78, 5) is 0. The Bertz CT molecular complexity index is 374. The molecule has 0 fully saturated rings. The first-order valence-corrected chi connectivity index (χ1v) is 5.60. The number of benzene rings is 1. The van der Waals surface area contributed by atoms with Gasteiger partial charge in [0.1, 0.15) is 11.9 Å². The van der Waals surface area contributed by atoms with Gasteiger partial charge in [0, 0.05) is 17.9 Å². The zero-order valence-corrected chi connectivity index (χ0v) is 9.71. The number of hydrogen-bond donors (Lipinski definition) is 1. The summed E-state index contributed by atoms with van der Waals surface area (Å²) in [5.41, 5.74) is 2.17. The molecule has 2 nitrogen and oxygen atoms in total. The van der Waals surface area contributed by atoms with Crippen LogP contribution < -0.4 is 4.74 Å². The Labute approximate surface area is 94.8 Å². The number of fused-ring (bicyclic) bond motifs is 1. The molecule has 0 radical (unpaired) electrons. The van der Waals surface area contributed by atoms with Crippen LogP contribution in [0.2, 0.25) is 5.02 Å². The van der Waals surface area contributed by atoms with Gasteiger partial charge in [-0.25, -0.2) is 0 Å². The Hall–Kier alpha value is -0.730. The van der Waals surface area contributed by atoms with Crippen molar-refractivity contribution in [3.63, 3.8) is 0 Å². The highest BCUT2D eigenvalue weighted by molar-refractivity contribution is 6.30. The van der Waals surface area contributed by atoms with Crippen molar-refractivity contribution in [2.45, 2.75) is 38.9 Å². The molecule has 1 heterocycles. The molecule has 0 amide bonds. The zero-order chi connectivity index (χ0) is 11.0. The molecule has 2 unspecified atom stereocenters. The molecule has 1 aliphatic rings. The van der Waals surface area contributed by atoms with Gasteiger partial charge in [0.05, 0.1) is 6.10 Å². The van der Waals surface area contributed by atoms with E-state index < -0.39 is 0 Å². The maximum atomic E-state index is 9.40. The van der Waals surface area contributed by atoms with E-state index in [9.17, 15) is 5.11 Å². The van der Waals surface area contributed by atoms with Crippen molar-refractivity contribution < 1.29 is 9.84 Å². The maximum Gasteiger partial charge on any atom is 0.126 e. The van der Waals surface area contributed by atoms with Gasteiger partial charge >= 0.3 is 0 Å². The van der Waals surface area contributed by atoms with Crippen LogP contribution in [0.4, 0.5) is 0 Å². The smallest absolute Gasteiger partial charge is 0.126 e. The van der Waals surface area contributed by atoms with Crippen molar-refractivity contribution in [3.05, 3.63) is 28.3 Å². The van der Waals surface area contributed by atoms with E-state index in [1.165, 1.54) is 0 Å². The quantitative estimate of drug-likeness (QED) is 0.840.